The fourth-order valence-corrected chi connectivity index (χ4v) is 2.53. The lowest BCUT2D eigenvalue weighted by molar-refractivity contribution is 0.254. The molecule has 2 aromatic rings. The zero-order chi connectivity index (χ0) is 15.2. The van der Waals surface area contributed by atoms with Gasteiger partial charge in [0.05, 0.1) is 19.2 Å². The van der Waals surface area contributed by atoms with Crippen molar-refractivity contribution in [3.05, 3.63) is 48.2 Å². The molecule has 0 bridgehead atoms. The van der Waals surface area contributed by atoms with Gasteiger partial charge in [-0.1, -0.05) is 39.0 Å². The van der Waals surface area contributed by atoms with Crippen LogP contribution >= 0.6 is 0 Å². The van der Waals surface area contributed by atoms with Gasteiger partial charge in [0.15, 0.2) is 6.39 Å². The summed E-state index contributed by atoms with van der Waals surface area (Å²) in [5, 5.41) is 9.68. The third-order valence-corrected chi connectivity index (χ3v) is 3.73. The molecule has 1 atom stereocenters. The van der Waals surface area contributed by atoms with Gasteiger partial charge in [-0.05, 0) is 18.6 Å². The quantitative estimate of drug-likeness (QED) is 0.846. The van der Waals surface area contributed by atoms with Gasteiger partial charge in [-0.3, -0.25) is 0 Å². The van der Waals surface area contributed by atoms with Crippen molar-refractivity contribution in [1.29, 1.82) is 0 Å². The van der Waals surface area contributed by atoms with Crippen molar-refractivity contribution in [2.24, 2.45) is 0 Å². The van der Waals surface area contributed by atoms with E-state index in [4.69, 9.17) is 4.42 Å². The molecule has 0 saturated heterocycles. The van der Waals surface area contributed by atoms with E-state index in [0.717, 1.165) is 23.6 Å². The summed E-state index contributed by atoms with van der Waals surface area (Å²) >= 11 is 0. The van der Waals surface area contributed by atoms with Gasteiger partial charge in [0.25, 0.3) is 0 Å². The number of anilines is 1. The van der Waals surface area contributed by atoms with E-state index in [-0.39, 0.29) is 12.6 Å². The average Bonchev–Trinajstić information content (AvgIpc) is 2.97. The van der Waals surface area contributed by atoms with Crippen LogP contribution in [0.2, 0.25) is 0 Å². The maximum atomic E-state index is 9.68. The number of rotatable bonds is 7. The minimum absolute atomic E-state index is 0.0733. The predicted octanol–water partition coefficient (Wildman–Crippen LogP) is 3.58. The van der Waals surface area contributed by atoms with E-state index < -0.39 is 0 Å². The smallest absolute Gasteiger partial charge is 0.181 e. The first-order chi connectivity index (χ1) is 10.2. The fraction of sp³-hybridized carbons (Fsp3) is 0.471. The molecule has 1 aromatic carbocycles. The van der Waals surface area contributed by atoms with Gasteiger partial charge in [0.2, 0.25) is 0 Å². The van der Waals surface area contributed by atoms with Gasteiger partial charge < -0.3 is 14.4 Å². The van der Waals surface area contributed by atoms with Crippen molar-refractivity contribution < 1.29 is 9.52 Å². The lowest BCUT2D eigenvalue weighted by atomic mass is 10.1. The van der Waals surface area contributed by atoms with Gasteiger partial charge in [0, 0.05) is 11.6 Å². The summed E-state index contributed by atoms with van der Waals surface area (Å²) in [6.07, 6.45) is 2.38. The van der Waals surface area contributed by atoms with Crippen molar-refractivity contribution in [3.63, 3.8) is 0 Å². The Bertz CT molecular complexity index is 533. The highest BCUT2D eigenvalue weighted by molar-refractivity contribution is 5.47. The topological polar surface area (TPSA) is 49.5 Å². The molecule has 0 amide bonds. The van der Waals surface area contributed by atoms with Crippen LogP contribution in [0.5, 0.6) is 0 Å². The van der Waals surface area contributed by atoms with Crippen LogP contribution in [0.3, 0.4) is 0 Å². The average molecular weight is 288 g/mol. The Labute approximate surface area is 126 Å². The molecule has 1 aromatic heterocycles. The van der Waals surface area contributed by atoms with Crippen LogP contribution in [0.4, 0.5) is 5.69 Å². The molecule has 0 aliphatic rings. The standard InChI is InChI=1S/C17H24N2O2/c1-4-14(11-20)19(15-8-6-5-7-9-15)10-16-17(13(2)3)21-12-18-16/h5-9,12-14,20H,4,10-11H2,1-3H3. The number of aliphatic hydroxyl groups is 1. The highest BCUT2D eigenvalue weighted by Gasteiger charge is 2.21. The number of aliphatic hydroxyl groups excluding tert-OH is 1. The van der Waals surface area contributed by atoms with Crippen molar-refractivity contribution in [2.75, 3.05) is 11.5 Å². The number of hydrogen-bond acceptors (Lipinski definition) is 4. The molecule has 1 heterocycles. The first kappa shape index (κ1) is 15.6. The van der Waals surface area contributed by atoms with E-state index in [1.807, 2.05) is 18.2 Å². The second kappa shape index (κ2) is 7.27. The molecule has 0 saturated carbocycles. The Hall–Kier alpha value is -1.81. The highest BCUT2D eigenvalue weighted by Crippen LogP contribution is 2.25. The first-order valence-electron chi connectivity index (χ1n) is 7.52. The number of aromatic nitrogens is 1. The van der Waals surface area contributed by atoms with Crippen LogP contribution in [-0.4, -0.2) is 22.7 Å². The molecule has 2 rings (SSSR count). The van der Waals surface area contributed by atoms with Crippen LogP contribution < -0.4 is 4.90 Å². The van der Waals surface area contributed by atoms with Gasteiger partial charge in [0.1, 0.15) is 11.5 Å². The second-order valence-corrected chi connectivity index (χ2v) is 5.53. The maximum absolute atomic E-state index is 9.68. The number of nitrogens with zero attached hydrogens (tertiary/aromatic N) is 2. The van der Waals surface area contributed by atoms with E-state index in [9.17, 15) is 5.11 Å². The van der Waals surface area contributed by atoms with Crippen LogP contribution in [0.25, 0.3) is 0 Å². The van der Waals surface area contributed by atoms with E-state index in [0.29, 0.717) is 12.5 Å². The van der Waals surface area contributed by atoms with Crippen LogP contribution in [0.1, 0.15) is 44.6 Å². The molecule has 114 valence electrons. The summed E-state index contributed by atoms with van der Waals surface area (Å²) in [5.74, 6) is 1.22. The molecular weight excluding hydrogens is 264 g/mol. The zero-order valence-corrected chi connectivity index (χ0v) is 13.0. The number of hydrogen-bond donors (Lipinski definition) is 1. The van der Waals surface area contributed by atoms with Crippen molar-refractivity contribution in [1.82, 2.24) is 4.98 Å². The molecule has 0 fully saturated rings. The van der Waals surface area contributed by atoms with Gasteiger partial charge in [-0.15, -0.1) is 0 Å². The van der Waals surface area contributed by atoms with Crippen molar-refractivity contribution >= 4 is 5.69 Å². The molecule has 4 heteroatoms. The molecule has 21 heavy (non-hydrogen) atoms. The van der Waals surface area contributed by atoms with E-state index in [2.05, 4.69) is 42.8 Å². The Morgan fingerprint density at radius 2 is 1.95 bits per heavy atom. The summed E-state index contributed by atoms with van der Waals surface area (Å²) in [6, 6.07) is 10.2. The van der Waals surface area contributed by atoms with Crippen LogP contribution in [0, 0.1) is 0 Å². The largest absolute Gasteiger partial charge is 0.448 e. The molecule has 0 aliphatic heterocycles. The van der Waals surface area contributed by atoms with Gasteiger partial charge in [-0.25, -0.2) is 4.98 Å². The molecule has 0 spiro atoms. The number of benzene rings is 1. The summed E-state index contributed by atoms with van der Waals surface area (Å²) in [5.41, 5.74) is 2.04. The van der Waals surface area contributed by atoms with E-state index in [1.54, 1.807) is 0 Å². The van der Waals surface area contributed by atoms with Gasteiger partial charge >= 0.3 is 0 Å². The third kappa shape index (κ3) is 3.64. The van der Waals surface area contributed by atoms with Crippen molar-refractivity contribution in [3.8, 4) is 0 Å². The Morgan fingerprint density at radius 3 is 2.52 bits per heavy atom. The fourth-order valence-electron chi connectivity index (χ4n) is 2.53. The Balaban J connectivity index is 2.30. The zero-order valence-electron chi connectivity index (χ0n) is 13.0. The monoisotopic (exact) mass is 288 g/mol. The lowest BCUT2D eigenvalue weighted by Gasteiger charge is -2.31. The molecule has 0 radical (unpaired) electrons. The van der Waals surface area contributed by atoms with Crippen molar-refractivity contribution in [2.45, 2.75) is 45.7 Å². The first-order valence-corrected chi connectivity index (χ1v) is 7.52. The van der Waals surface area contributed by atoms with Gasteiger partial charge in [-0.2, -0.15) is 0 Å². The summed E-state index contributed by atoms with van der Waals surface area (Å²) in [7, 11) is 0. The lowest BCUT2D eigenvalue weighted by Crippen LogP contribution is -2.37. The molecule has 0 aliphatic carbocycles. The minimum Gasteiger partial charge on any atom is -0.448 e. The summed E-state index contributed by atoms with van der Waals surface area (Å²) in [4.78, 5) is 6.56. The Kier molecular flexibility index (Phi) is 5.39. The molecule has 4 nitrogen and oxygen atoms in total. The van der Waals surface area contributed by atoms with Crippen LogP contribution in [0.15, 0.2) is 41.1 Å². The molecular formula is C17H24N2O2. The third-order valence-electron chi connectivity index (χ3n) is 3.73. The predicted molar refractivity (Wildman–Crippen MR) is 84.4 cm³/mol. The SMILES string of the molecule is CCC(CO)N(Cc1ncoc1C(C)C)c1ccccc1. The summed E-state index contributed by atoms with van der Waals surface area (Å²) < 4.78 is 5.51. The van der Waals surface area contributed by atoms with Crippen LogP contribution in [-0.2, 0) is 6.54 Å². The Morgan fingerprint density at radius 1 is 1.24 bits per heavy atom. The summed E-state index contributed by atoms with van der Waals surface area (Å²) in [6.45, 7) is 7.05. The molecule has 1 unspecified atom stereocenters. The normalized spacial score (nSPS) is 12.6. The molecule has 1 N–H and O–H groups in total. The van der Waals surface area contributed by atoms with E-state index >= 15 is 0 Å². The number of para-hydroxylation sites is 1. The maximum Gasteiger partial charge on any atom is 0.181 e. The van der Waals surface area contributed by atoms with E-state index in [1.165, 1.54) is 6.39 Å². The second-order valence-electron chi connectivity index (χ2n) is 5.53. The minimum atomic E-state index is 0.0733. The number of oxazole rings is 1. The highest BCUT2D eigenvalue weighted by atomic mass is 16.3.